The highest BCUT2D eigenvalue weighted by molar-refractivity contribution is 6.09. The van der Waals surface area contributed by atoms with Crippen molar-refractivity contribution >= 4 is 17.3 Å². The van der Waals surface area contributed by atoms with Crippen LogP contribution in [0.4, 0.5) is 0 Å². The number of carbonyl (C=O) groups excluding carboxylic acids is 3. The Morgan fingerprint density at radius 2 is 1.91 bits per heavy atom. The summed E-state index contributed by atoms with van der Waals surface area (Å²) < 4.78 is 0. The van der Waals surface area contributed by atoms with E-state index in [4.69, 9.17) is 0 Å². The van der Waals surface area contributed by atoms with E-state index in [1.54, 1.807) is 0 Å². The third-order valence-corrected chi connectivity index (χ3v) is 4.46. The van der Waals surface area contributed by atoms with Crippen molar-refractivity contribution in [1.82, 2.24) is 0 Å². The SMILES string of the molecule is CC(=O)C1CC(O)(C(=O)CCC(C)C)C(CC=C(C)C)C1=O. The number of hydrogen-bond acceptors (Lipinski definition) is 4. The summed E-state index contributed by atoms with van der Waals surface area (Å²) >= 11 is 0. The smallest absolute Gasteiger partial charge is 0.165 e. The minimum atomic E-state index is -1.69. The molecule has 0 aromatic heterocycles. The van der Waals surface area contributed by atoms with Crippen molar-refractivity contribution in [3.05, 3.63) is 11.6 Å². The first-order chi connectivity index (χ1) is 10.1. The second-order valence-electron chi connectivity index (χ2n) is 7.12. The van der Waals surface area contributed by atoms with Gasteiger partial charge in [-0.05, 0) is 39.5 Å². The molecule has 124 valence electrons. The van der Waals surface area contributed by atoms with Crippen LogP contribution in [0.3, 0.4) is 0 Å². The molecule has 1 aliphatic rings. The normalized spacial score (nSPS) is 28.0. The molecule has 0 radical (unpaired) electrons. The Kier molecular flexibility index (Phi) is 6.24. The highest BCUT2D eigenvalue weighted by atomic mass is 16.3. The van der Waals surface area contributed by atoms with Crippen LogP contribution in [0.2, 0.25) is 0 Å². The van der Waals surface area contributed by atoms with Gasteiger partial charge < -0.3 is 5.11 Å². The van der Waals surface area contributed by atoms with Crippen LogP contribution >= 0.6 is 0 Å². The Hall–Kier alpha value is -1.29. The van der Waals surface area contributed by atoms with E-state index >= 15 is 0 Å². The maximum Gasteiger partial charge on any atom is 0.165 e. The van der Waals surface area contributed by atoms with Crippen LogP contribution in [0.25, 0.3) is 0 Å². The van der Waals surface area contributed by atoms with Gasteiger partial charge in [0.25, 0.3) is 0 Å². The predicted molar refractivity (Wildman–Crippen MR) is 85.4 cm³/mol. The zero-order chi connectivity index (χ0) is 17.1. The van der Waals surface area contributed by atoms with Gasteiger partial charge in [0, 0.05) is 12.8 Å². The fourth-order valence-corrected chi connectivity index (χ4v) is 2.99. The van der Waals surface area contributed by atoms with E-state index in [1.165, 1.54) is 6.92 Å². The summed E-state index contributed by atoms with van der Waals surface area (Å²) in [5.41, 5.74) is -0.662. The minimum Gasteiger partial charge on any atom is -0.381 e. The fourth-order valence-electron chi connectivity index (χ4n) is 2.99. The number of Topliss-reactive ketones (excluding diaryl/α,β-unsaturated/α-hetero) is 3. The lowest BCUT2D eigenvalue weighted by molar-refractivity contribution is -0.144. The standard InChI is InChI=1S/C18H28O4/c1-11(2)6-8-15-17(21)14(13(5)19)10-18(15,22)16(20)9-7-12(3)4/h6,12,14-15,22H,7-10H2,1-5H3. The molecule has 22 heavy (non-hydrogen) atoms. The van der Waals surface area contributed by atoms with Gasteiger partial charge in [-0.1, -0.05) is 25.5 Å². The molecule has 1 aliphatic carbocycles. The fraction of sp³-hybridized carbons (Fsp3) is 0.722. The van der Waals surface area contributed by atoms with E-state index in [-0.39, 0.29) is 30.2 Å². The van der Waals surface area contributed by atoms with Crippen molar-refractivity contribution in [3.8, 4) is 0 Å². The molecule has 3 atom stereocenters. The van der Waals surface area contributed by atoms with Crippen LogP contribution in [0.1, 0.15) is 60.3 Å². The number of ketones is 3. The third-order valence-electron chi connectivity index (χ3n) is 4.46. The van der Waals surface area contributed by atoms with E-state index in [9.17, 15) is 19.5 Å². The molecular formula is C18H28O4. The van der Waals surface area contributed by atoms with Crippen molar-refractivity contribution in [3.63, 3.8) is 0 Å². The summed E-state index contributed by atoms with van der Waals surface area (Å²) in [5, 5.41) is 10.9. The molecular weight excluding hydrogens is 280 g/mol. The van der Waals surface area contributed by atoms with Gasteiger partial charge in [0.1, 0.15) is 17.2 Å². The van der Waals surface area contributed by atoms with Crippen LogP contribution < -0.4 is 0 Å². The Morgan fingerprint density at radius 1 is 1.32 bits per heavy atom. The number of allylic oxidation sites excluding steroid dienone is 2. The zero-order valence-electron chi connectivity index (χ0n) is 14.3. The van der Waals surface area contributed by atoms with Crippen molar-refractivity contribution < 1.29 is 19.5 Å². The molecule has 0 saturated heterocycles. The van der Waals surface area contributed by atoms with Crippen LogP contribution in [-0.2, 0) is 14.4 Å². The van der Waals surface area contributed by atoms with Gasteiger partial charge in [-0.25, -0.2) is 0 Å². The van der Waals surface area contributed by atoms with Crippen LogP contribution in [-0.4, -0.2) is 28.1 Å². The van der Waals surface area contributed by atoms with Gasteiger partial charge in [-0.3, -0.25) is 14.4 Å². The molecule has 0 bridgehead atoms. The molecule has 0 spiro atoms. The molecule has 1 N–H and O–H groups in total. The Morgan fingerprint density at radius 3 is 2.36 bits per heavy atom. The third kappa shape index (κ3) is 4.13. The lowest BCUT2D eigenvalue weighted by Gasteiger charge is -2.27. The van der Waals surface area contributed by atoms with Gasteiger partial charge in [0.15, 0.2) is 5.78 Å². The monoisotopic (exact) mass is 308 g/mol. The van der Waals surface area contributed by atoms with Gasteiger partial charge in [-0.2, -0.15) is 0 Å². The van der Waals surface area contributed by atoms with Crippen LogP contribution in [0, 0.1) is 17.8 Å². The Labute approximate surface area is 133 Å². The second-order valence-corrected chi connectivity index (χ2v) is 7.12. The quantitative estimate of drug-likeness (QED) is 0.580. The van der Waals surface area contributed by atoms with Crippen molar-refractivity contribution in [2.24, 2.45) is 17.8 Å². The first-order valence-corrected chi connectivity index (χ1v) is 8.02. The molecule has 0 heterocycles. The number of aliphatic hydroxyl groups is 1. The van der Waals surface area contributed by atoms with Crippen molar-refractivity contribution in [1.29, 1.82) is 0 Å². The zero-order valence-corrected chi connectivity index (χ0v) is 14.3. The minimum absolute atomic E-state index is 0.0562. The summed E-state index contributed by atoms with van der Waals surface area (Å²) in [7, 11) is 0. The maximum atomic E-state index is 12.5. The predicted octanol–water partition coefficient (Wildman–Crippen LogP) is 2.87. The summed E-state index contributed by atoms with van der Waals surface area (Å²) in [6.07, 6.45) is 3.03. The first kappa shape index (κ1) is 18.8. The lowest BCUT2D eigenvalue weighted by Crippen LogP contribution is -2.43. The summed E-state index contributed by atoms with van der Waals surface area (Å²) in [5.74, 6) is -2.14. The number of carbonyl (C=O) groups is 3. The highest BCUT2D eigenvalue weighted by Gasteiger charge is 2.56. The summed E-state index contributed by atoms with van der Waals surface area (Å²) in [6, 6.07) is 0. The van der Waals surface area contributed by atoms with Gasteiger partial charge >= 0.3 is 0 Å². The Bertz CT molecular complexity index is 485. The molecule has 4 heteroatoms. The molecule has 0 aromatic carbocycles. The largest absolute Gasteiger partial charge is 0.381 e. The summed E-state index contributed by atoms with van der Waals surface area (Å²) in [6.45, 7) is 9.18. The lowest BCUT2D eigenvalue weighted by atomic mass is 9.81. The van der Waals surface area contributed by atoms with E-state index in [2.05, 4.69) is 0 Å². The van der Waals surface area contributed by atoms with E-state index in [1.807, 2.05) is 33.8 Å². The number of rotatable bonds is 7. The number of hydrogen-bond donors (Lipinski definition) is 1. The van der Waals surface area contributed by atoms with E-state index in [0.29, 0.717) is 18.8 Å². The molecule has 1 saturated carbocycles. The summed E-state index contributed by atoms with van der Waals surface area (Å²) in [4.78, 5) is 36.6. The van der Waals surface area contributed by atoms with E-state index < -0.39 is 17.4 Å². The topological polar surface area (TPSA) is 71.4 Å². The second kappa shape index (κ2) is 7.32. The van der Waals surface area contributed by atoms with Gasteiger partial charge in [-0.15, -0.1) is 0 Å². The van der Waals surface area contributed by atoms with Crippen LogP contribution in [0.15, 0.2) is 11.6 Å². The van der Waals surface area contributed by atoms with E-state index in [0.717, 1.165) is 5.57 Å². The first-order valence-electron chi connectivity index (χ1n) is 8.02. The molecule has 0 aromatic rings. The average molecular weight is 308 g/mol. The molecule has 0 aliphatic heterocycles. The molecule has 0 amide bonds. The molecule has 1 rings (SSSR count). The van der Waals surface area contributed by atoms with Gasteiger partial charge in [0.05, 0.1) is 11.8 Å². The maximum absolute atomic E-state index is 12.5. The highest BCUT2D eigenvalue weighted by Crippen LogP contribution is 2.41. The molecule has 4 nitrogen and oxygen atoms in total. The Balaban J connectivity index is 3.04. The average Bonchev–Trinajstić information content (AvgIpc) is 2.66. The van der Waals surface area contributed by atoms with Gasteiger partial charge in [0.2, 0.25) is 0 Å². The van der Waals surface area contributed by atoms with Crippen molar-refractivity contribution in [2.45, 2.75) is 65.9 Å². The molecule has 1 fully saturated rings. The van der Waals surface area contributed by atoms with Crippen LogP contribution in [0.5, 0.6) is 0 Å². The van der Waals surface area contributed by atoms with Crippen molar-refractivity contribution in [2.75, 3.05) is 0 Å². The molecule has 3 unspecified atom stereocenters.